The van der Waals surface area contributed by atoms with E-state index in [9.17, 15) is 8.42 Å². The van der Waals surface area contributed by atoms with E-state index in [1.807, 2.05) is 11.8 Å². The summed E-state index contributed by atoms with van der Waals surface area (Å²) in [6, 6.07) is 3.28. The highest BCUT2D eigenvalue weighted by atomic mass is 32.2. The molecule has 0 atom stereocenters. The summed E-state index contributed by atoms with van der Waals surface area (Å²) in [5, 5.41) is 0. The molecule has 106 valence electrons. The molecule has 19 heavy (non-hydrogen) atoms. The molecule has 1 aliphatic rings. The first-order chi connectivity index (χ1) is 9.02. The van der Waals surface area contributed by atoms with E-state index in [2.05, 4.69) is 4.98 Å². The van der Waals surface area contributed by atoms with Crippen molar-refractivity contribution in [1.29, 1.82) is 0 Å². The number of pyridine rings is 1. The largest absolute Gasteiger partial charge is 0.378 e. The van der Waals surface area contributed by atoms with Crippen LogP contribution in [0, 0.1) is 0 Å². The van der Waals surface area contributed by atoms with Gasteiger partial charge in [-0.1, -0.05) is 0 Å². The van der Waals surface area contributed by atoms with Gasteiger partial charge < -0.3 is 9.64 Å². The molecule has 0 aliphatic carbocycles. The van der Waals surface area contributed by atoms with Crippen molar-refractivity contribution in [2.45, 2.75) is 30.8 Å². The van der Waals surface area contributed by atoms with Crippen molar-refractivity contribution < 1.29 is 13.2 Å². The standard InChI is InChI=1S/C13H20N2O3S/c1-3-18-11-6-9-15(10-7-11)13-12(19(2,16)17)5-4-8-14-13/h4-5,8,11H,3,6-7,9-10H2,1-2H3. The minimum Gasteiger partial charge on any atom is -0.378 e. The van der Waals surface area contributed by atoms with Gasteiger partial charge in [0.1, 0.15) is 10.7 Å². The van der Waals surface area contributed by atoms with Gasteiger partial charge in [0.25, 0.3) is 0 Å². The van der Waals surface area contributed by atoms with Crippen molar-refractivity contribution in [2.24, 2.45) is 0 Å². The Labute approximate surface area is 114 Å². The van der Waals surface area contributed by atoms with Crippen molar-refractivity contribution >= 4 is 15.7 Å². The van der Waals surface area contributed by atoms with Crippen LogP contribution in [0.4, 0.5) is 5.82 Å². The van der Waals surface area contributed by atoms with E-state index in [0.717, 1.165) is 32.5 Å². The molecule has 0 amide bonds. The number of hydrogen-bond acceptors (Lipinski definition) is 5. The number of ether oxygens (including phenoxy) is 1. The van der Waals surface area contributed by atoms with Crippen LogP contribution in [0.15, 0.2) is 23.2 Å². The molecule has 1 aliphatic heterocycles. The van der Waals surface area contributed by atoms with Crippen molar-refractivity contribution in [1.82, 2.24) is 4.98 Å². The summed E-state index contributed by atoms with van der Waals surface area (Å²) in [5.74, 6) is 0.569. The lowest BCUT2D eigenvalue weighted by Crippen LogP contribution is -2.38. The summed E-state index contributed by atoms with van der Waals surface area (Å²) in [4.78, 5) is 6.59. The van der Waals surface area contributed by atoms with Crippen LogP contribution in [-0.2, 0) is 14.6 Å². The van der Waals surface area contributed by atoms with Crippen LogP contribution in [0.25, 0.3) is 0 Å². The lowest BCUT2D eigenvalue weighted by atomic mass is 10.1. The van der Waals surface area contributed by atoms with Crippen LogP contribution in [0.2, 0.25) is 0 Å². The van der Waals surface area contributed by atoms with Crippen molar-refractivity contribution in [3.05, 3.63) is 18.3 Å². The van der Waals surface area contributed by atoms with Gasteiger partial charge in [0, 0.05) is 32.1 Å². The lowest BCUT2D eigenvalue weighted by Gasteiger charge is -2.33. The summed E-state index contributed by atoms with van der Waals surface area (Å²) >= 11 is 0. The molecule has 2 rings (SSSR count). The van der Waals surface area contributed by atoms with E-state index in [1.165, 1.54) is 6.26 Å². The van der Waals surface area contributed by atoms with E-state index in [4.69, 9.17) is 4.74 Å². The summed E-state index contributed by atoms with van der Waals surface area (Å²) in [7, 11) is -3.24. The average Bonchev–Trinajstić information content (AvgIpc) is 2.39. The molecule has 0 radical (unpaired) electrons. The number of anilines is 1. The zero-order valence-corrected chi connectivity index (χ0v) is 12.2. The smallest absolute Gasteiger partial charge is 0.179 e. The van der Waals surface area contributed by atoms with Crippen molar-refractivity contribution in [3.63, 3.8) is 0 Å². The van der Waals surface area contributed by atoms with Gasteiger partial charge in [0.2, 0.25) is 0 Å². The third-order valence-corrected chi connectivity index (χ3v) is 4.41. The van der Waals surface area contributed by atoms with Gasteiger partial charge in [-0.25, -0.2) is 13.4 Å². The number of rotatable bonds is 4. The Balaban J connectivity index is 2.16. The molecular formula is C13H20N2O3S. The van der Waals surface area contributed by atoms with Crippen LogP contribution in [0.5, 0.6) is 0 Å². The van der Waals surface area contributed by atoms with Gasteiger partial charge >= 0.3 is 0 Å². The second-order valence-electron chi connectivity index (χ2n) is 4.74. The Hall–Kier alpha value is -1.14. The summed E-state index contributed by atoms with van der Waals surface area (Å²) in [5.41, 5.74) is 0. The Morgan fingerprint density at radius 2 is 2.11 bits per heavy atom. The van der Waals surface area contributed by atoms with Gasteiger partial charge in [0.15, 0.2) is 9.84 Å². The molecular weight excluding hydrogens is 264 g/mol. The molecule has 0 unspecified atom stereocenters. The summed E-state index contributed by atoms with van der Waals surface area (Å²) in [6.07, 6.45) is 4.96. The molecule has 1 saturated heterocycles. The number of sulfone groups is 1. The van der Waals surface area contributed by atoms with Crippen LogP contribution in [0.1, 0.15) is 19.8 Å². The van der Waals surface area contributed by atoms with E-state index in [0.29, 0.717) is 10.7 Å². The van der Waals surface area contributed by atoms with E-state index >= 15 is 0 Å². The number of hydrogen-bond donors (Lipinski definition) is 0. The fourth-order valence-electron chi connectivity index (χ4n) is 2.38. The first-order valence-corrected chi connectivity index (χ1v) is 8.43. The zero-order chi connectivity index (χ0) is 13.9. The third kappa shape index (κ3) is 3.45. The number of aromatic nitrogens is 1. The third-order valence-electron chi connectivity index (χ3n) is 3.29. The number of nitrogens with zero attached hydrogens (tertiary/aromatic N) is 2. The zero-order valence-electron chi connectivity index (χ0n) is 11.4. The maximum absolute atomic E-state index is 11.8. The van der Waals surface area contributed by atoms with Crippen LogP contribution < -0.4 is 4.90 Å². The minimum atomic E-state index is -3.24. The molecule has 1 fully saturated rings. The maximum atomic E-state index is 11.8. The molecule has 5 nitrogen and oxygen atoms in total. The van der Waals surface area contributed by atoms with Gasteiger partial charge in [-0.2, -0.15) is 0 Å². The van der Waals surface area contributed by atoms with Crippen molar-refractivity contribution in [2.75, 3.05) is 30.9 Å². The highest BCUT2D eigenvalue weighted by Crippen LogP contribution is 2.25. The van der Waals surface area contributed by atoms with Gasteiger partial charge in [-0.15, -0.1) is 0 Å². The van der Waals surface area contributed by atoms with E-state index in [1.54, 1.807) is 18.3 Å². The maximum Gasteiger partial charge on any atom is 0.179 e. The van der Waals surface area contributed by atoms with E-state index < -0.39 is 9.84 Å². The molecule has 1 aromatic heterocycles. The minimum absolute atomic E-state index is 0.284. The fourth-order valence-corrected chi connectivity index (χ4v) is 3.22. The van der Waals surface area contributed by atoms with Gasteiger partial charge in [-0.3, -0.25) is 0 Å². The molecule has 0 aromatic carbocycles. The topological polar surface area (TPSA) is 59.5 Å². The quantitative estimate of drug-likeness (QED) is 0.838. The van der Waals surface area contributed by atoms with Crippen molar-refractivity contribution in [3.8, 4) is 0 Å². The second kappa shape index (κ2) is 5.88. The first-order valence-electron chi connectivity index (χ1n) is 6.54. The predicted molar refractivity (Wildman–Crippen MR) is 74.2 cm³/mol. The number of piperidine rings is 1. The predicted octanol–water partition coefficient (Wildman–Crippen LogP) is 1.49. The SMILES string of the molecule is CCOC1CCN(c2ncccc2S(C)(=O)=O)CC1. The summed E-state index contributed by atoms with van der Waals surface area (Å²) < 4.78 is 29.1. The molecule has 1 aromatic rings. The highest BCUT2D eigenvalue weighted by Gasteiger charge is 2.24. The fraction of sp³-hybridized carbons (Fsp3) is 0.615. The lowest BCUT2D eigenvalue weighted by molar-refractivity contribution is 0.0458. The molecule has 0 bridgehead atoms. The molecule has 2 heterocycles. The Bertz CT molecular complexity index is 522. The monoisotopic (exact) mass is 284 g/mol. The Morgan fingerprint density at radius 1 is 1.42 bits per heavy atom. The van der Waals surface area contributed by atoms with E-state index in [-0.39, 0.29) is 6.10 Å². The van der Waals surface area contributed by atoms with Crippen LogP contribution >= 0.6 is 0 Å². The summed E-state index contributed by atoms with van der Waals surface area (Å²) in [6.45, 7) is 4.28. The van der Waals surface area contributed by atoms with Gasteiger partial charge in [0.05, 0.1) is 6.10 Å². The highest BCUT2D eigenvalue weighted by molar-refractivity contribution is 7.90. The molecule has 0 saturated carbocycles. The van der Waals surface area contributed by atoms with Gasteiger partial charge in [-0.05, 0) is 31.9 Å². The molecule has 0 N–H and O–H groups in total. The Morgan fingerprint density at radius 3 is 2.68 bits per heavy atom. The average molecular weight is 284 g/mol. The van der Waals surface area contributed by atoms with Crippen LogP contribution in [-0.4, -0.2) is 45.5 Å². The molecule has 6 heteroatoms. The Kier molecular flexibility index (Phi) is 4.42. The van der Waals surface area contributed by atoms with Crippen LogP contribution in [0.3, 0.4) is 0 Å². The first kappa shape index (κ1) is 14.3. The normalized spacial score (nSPS) is 17.7. The second-order valence-corrected chi connectivity index (χ2v) is 6.72. The molecule has 0 spiro atoms.